The Labute approximate surface area is 160 Å². The van der Waals surface area contributed by atoms with E-state index in [1.54, 1.807) is 18.9 Å². The van der Waals surface area contributed by atoms with Gasteiger partial charge < -0.3 is 14.4 Å². The summed E-state index contributed by atoms with van der Waals surface area (Å²) < 4.78 is 11.3. The SMILES string of the molecule is COc1ccc(-c2nc3c(c(SCCN(C)C)n2)COC(C)(C)C3)cc1. The highest BCUT2D eigenvalue weighted by Gasteiger charge is 2.30. The molecule has 0 saturated heterocycles. The summed E-state index contributed by atoms with van der Waals surface area (Å²) in [5.74, 6) is 2.60. The Morgan fingerprint density at radius 3 is 2.58 bits per heavy atom. The van der Waals surface area contributed by atoms with Gasteiger partial charge in [-0.05, 0) is 52.2 Å². The van der Waals surface area contributed by atoms with E-state index in [2.05, 4.69) is 32.8 Å². The first-order valence-corrected chi connectivity index (χ1v) is 9.82. The second-order valence-corrected chi connectivity index (χ2v) is 8.47. The monoisotopic (exact) mass is 373 g/mol. The molecule has 26 heavy (non-hydrogen) atoms. The van der Waals surface area contributed by atoms with Gasteiger partial charge in [0.1, 0.15) is 10.8 Å². The van der Waals surface area contributed by atoms with Crippen LogP contribution in [0.5, 0.6) is 5.75 Å². The fraction of sp³-hybridized carbons (Fsp3) is 0.500. The predicted molar refractivity (Wildman–Crippen MR) is 106 cm³/mol. The zero-order valence-electron chi connectivity index (χ0n) is 16.2. The number of fused-ring (bicyclic) bond motifs is 1. The number of benzene rings is 1. The molecule has 0 bridgehead atoms. The van der Waals surface area contributed by atoms with Gasteiger partial charge >= 0.3 is 0 Å². The molecule has 1 aliphatic rings. The standard InChI is InChI=1S/C20H27N3O2S/c1-20(2)12-17-16(13-25-20)19(26-11-10-23(3)4)22-18(21-17)14-6-8-15(24-5)9-7-14/h6-9H,10-13H2,1-5H3. The second-order valence-electron chi connectivity index (χ2n) is 7.38. The van der Waals surface area contributed by atoms with Crippen molar-refractivity contribution in [1.82, 2.24) is 14.9 Å². The van der Waals surface area contributed by atoms with Crippen LogP contribution in [0.15, 0.2) is 29.3 Å². The Morgan fingerprint density at radius 1 is 1.19 bits per heavy atom. The van der Waals surface area contributed by atoms with Gasteiger partial charge in [-0.15, -0.1) is 11.8 Å². The molecule has 0 saturated carbocycles. The molecular formula is C20H27N3O2S. The summed E-state index contributed by atoms with van der Waals surface area (Å²) in [6.07, 6.45) is 0.801. The van der Waals surface area contributed by atoms with E-state index in [0.29, 0.717) is 6.61 Å². The molecule has 1 aliphatic heterocycles. The van der Waals surface area contributed by atoms with Crippen molar-refractivity contribution in [1.29, 1.82) is 0 Å². The average molecular weight is 374 g/mol. The summed E-state index contributed by atoms with van der Waals surface area (Å²) in [5, 5.41) is 1.04. The molecule has 2 aromatic rings. The van der Waals surface area contributed by atoms with Gasteiger partial charge in [0, 0.05) is 29.8 Å². The first kappa shape index (κ1) is 19.1. The van der Waals surface area contributed by atoms with Crippen LogP contribution in [0.2, 0.25) is 0 Å². The van der Waals surface area contributed by atoms with Gasteiger partial charge in [0.25, 0.3) is 0 Å². The Bertz CT molecular complexity index is 760. The first-order chi connectivity index (χ1) is 12.4. The lowest BCUT2D eigenvalue weighted by Gasteiger charge is -2.32. The molecule has 0 spiro atoms. The number of nitrogens with zero attached hydrogens (tertiary/aromatic N) is 3. The third-order valence-corrected chi connectivity index (χ3v) is 5.38. The van der Waals surface area contributed by atoms with Gasteiger partial charge in [-0.3, -0.25) is 0 Å². The van der Waals surface area contributed by atoms with Crippen molar-refractivity contribution in [3.05, 3.63) is 35.5 Å². The molecule has 1 aromatic heterocycles. The first-order valence-electron chi connectivity index (χ1n) is 8.84. The van der Waals surface area contributed by atoms with Gasteiger partial charge in [-0.1, -0.05) is 0 Å². The van der Waals surface area contributed by atoms with Gasteiger partial charge in [-0.25, -0.2) is 9.97 Å². The summed E-state index contributed by atoms with van der Waals surface area (Å²) in [4.78, 5) is 11.9. The molecule has 0 unspecified atom stereocenters. The molecule has 5 nitrogen and oxygen atoms in total. The lowest BCUT2D eigenvalue weighted by molar-refractivity contribution is -0.0428. The number of hydrogen-bond donors (Lipinski definition) is 0. The summed E-state index contributed by atoms with van der Waals surface area (Å²) in [6.45, 7) is 5.82. The summed E-state index contributed by atoms with van der Waals surface area (Å²) in [7, 11) is 5.85. The molecule has 0 fully saturated rings. The maximum absolute atomic E-state index is 6.02. The van der Waals surface area contributed by atoms with Crippen molar-refractivity contribution in [3.8, 4) is 17.1 Å². The highest BCUT2D eigenvalue weighted by molar-refractivity contribution is 7.99. The van der Waals surface area contributed by atoms with E-state index in [1.807, 2.05) is 24.3 Å². The largest absolute Gasteiger partial charge is 0.497 e. The Morgan fingerprint density at radius 2 is 1.92 bits per heavy atom. The summed E-state index contributed by atoms with van der Waals surface area (Å²) in [6, 6.07) is 7.92. The molecule has 6 heteroatoms. The van der Waals surface area contributed by atoms with Crippen molar-refractivity contribution in [2.75, 3.05) is 33.5 Å². The van der Waals surface area contributed by atoms with E-state index in [4.69, 9.17) is 19.4 Å². The average Bonchev–Trinajstić information content (AvgIpc) is 2.60. The number of hydrogen-bond acceptors (Lipinski definition) is 6. The Hall–Kier alpha value is -1.63. The molecule has 0 N–H and O–H groups in total. The van der Waals surface area contributed by atoms with E-state index >= 15 is 0 Å². The van der Waals surface area contributed by atoms with Crippen LogP contribution in [-0.2, 0) is 17.8 Å². The van der Waals surface area contributed by atoms with Crippen LogP contribution in [0.25, 0.3) is 11.4 Å². The van der Waals surface area contributed by atoms with Crippen molar-refractivity contribution in [3.63, 3.8) is 0 Å². The van der Waals surface area contributed by atoms with E-state index in [-0.39, 0.29) is 5.60 Å². The van der Waals surface area contributed by atoms with Gasteiger partial charge in [0.2, 0.25) is 0 Å². The Kier molecular flexibility index (Phi) is 5.85. The van der Waals surface area contributed by atoms with Crippen molar-refractivity contribution >= 4 is 11.8 Å². The van der Waals surface area contributed by atoms with Gasteiger partial charge in [-0.2, -0.15) is 0 Å². The highest BCUT2D eigenvalue weighted by Crippen LogP contribution is 2.34. The molecule has 0 aliphatic carbocycles. The number of methoxy groups -OCH3 is 1. The van der Waals surface area contributed by atoms with Crippen molar-refractivity contribution < 1.29 is 9.47 Å². The van der Waals surface area contributed by atoms with Crippen molar-refractivity contribution in [2.24, 2.45) is 0 Å². The number of rotatable bonds is 6. The maximum atomic E-state index is 6.02. The highest BCUT2D eigenvalue weighted by atomic mass is 32.2. The lowest BCUT2D eigenvalue weighted by atomic mass is 9.96. The van der Waals surface area contributed by atoms with E-state index in [1.165, 1.54) is 0 Å². The number of thioether (sulfide) groups is 1. The van der Waals surface area contributed by atoms with Crippen LogP contribution in [0.1, 0.15) is 25.1 Å². The molecule has 1 aromatic carbocycles. The van der Waals surface area contributed by atoms with E-state index in [9.17, 15) is 0 Å². The summed E-state index contributed by atoms with van der Waals surface area (Å²) >= 11 is 1.78. The fourth-order valence-corrected chi connectivity index (χ4v) is 3.99. The van der Waals surface area contributed by atoms with Crippen LogP contribution in [-0.4, -0.2) is 54.0 Å². The topological polar surface area (TPSA) is 47.5 Å². The van der Waals surface area contributed by atoms with E-state index < -0.39 is 0 Å². The minimum atomic E-state index is -0.190. The molecule has 2 heterocycles. The molecule has 140 valence electrons. The van der Waals surface area contributed by atoms with Crippen LogP contribution < -0.4 is 4.74 Å². The minimum absolute atomic E-state index is 0.190. The maximum Gasteiger partial charge on any atom is 0.160 e. The smallest absolute Gasteiger partial charge is 0.160 e. The zero-order valence-corrected chi connectivity index (χ0v) is 17.0. The normalized spacial score (nSPS) is 15.8. The zero-order chi connectivity index (χ0) is 18.7. The molecular weight excluding hydrogens is 346 g/mol. The third-order valence-electron chi connectivity index (χ3n) is 4.38. The minimum Gasteiger partial charge on any atom is -0.497 e. The van der Waals surface area contributed by atoms with Crippen LogP contribution in [0.4, 0.5) is 0 Å². The molecule has 0 atom stereocenters. The van der Waals surface area contributed by atoms with Crippen LogP contribution in [0, 0.1) is 0 Å². The number of ether oxygens (including phenoxy) is 2. The molecule has 0 amide bonds. The van der Waals surface area contributed by atoms with Gasteiger partial charge in [0.15, 0.2) is 5.82 Å². The Balaban J connectivity index is 1.96. The van der Waals surface area contributed by atoms with Gasteiger partial charge in [0.05, 0.1) is 25.0 Å². The quantitative estimate of drug-likeness (QED) is 0.569. The van der Waals surface area contributed by atoms with E-state index in [0.717, 1.165) is 52.1 Å². The van der Waals surface area contributed by atoms with Crippen LogP contribution >= 0.6 is 11.8 Å². The molecule has 0 radical (unpaired) electrons. The third kappa shape index (κ3) is 4.55. The number of aromatic nitrogens is 2. The summed E-state index contributed by atoms with van der Waals surface area (Å²) in [5.41, 5.74) is 3.07. The predicted octanol–water partition coefficient (Wildman–Crippen LogP) is 3.66. The van der Waals surface area contributed by atoms with Crippen molar-refractivity contribution in [2.45, 2.75) is 37.5 Å². The second kappa shape index (κ2) is 7.94. The fourth-order valence-electron chi connectivity index (χ4n) is 2.83. The lowest BCUT2D eigenvalue weighted by Crippen LogP contribution is -2.33. The molecule has 3 rings (SSSR count). The van der Waals surface area contributed by atoms with Crippen LogP contribution in [0.3, 0.4) is 0 Å².